The highest BCUT2D eigenvalue weighted by atomic mass is 79.9. The lowest BCUT2D eigenvalue weighted by molar-refractivity contribution is 0.0985. The Morgan fingerprint density at radius 3 is 2.61 bits per heavy atom. The minimum Gasteiger partial charge on any atom is -0.489 e. The van der Waals surface area contributed by atoms with Gasteiger partial charge >= 0.3 is 0 Å². The van der Waals surface area contributed by atoms with Gasteiger partial charge in [-0.2, -0.15) is 5.26 Å². The summed E-state index contributed by atoms with van der Waals surface area (Å²) in [6, 6.07) is 7.86. The molecular formula is C15H18BrNO. The SMILES string of the molecule is CC1(C)CCC(Oc2cccc(Br)c2C#N)CC1. The molecule has 0 aromatic heterocycles. The zero-order chi connectivity index (χ0) is 13.2. The normalized spacial score (nSPS) is 19.2. The Morgan fingerprint density at radius 1 is 1.33 bits per heavy atom. The molecular weight excluding hydrogens is 290 g/mol. The zero-order valence-corrected chi connectivity index (χ0v) is 12.5. The molecule has 1 aliphatic carbocycles. The van der Waals surface area contributed by atoms with E-state index < -0.39 is 0 Å². The number of hydrogen-bond acceptors (Lipinski definition) is 2. The van der Waals surface area contributed by atoms with Gasteiger partial charge in [0.15, 0.2) is 0 Å². The van der Waals surface area contributed by atoms with Crippen molar-refractivity contribution in [2.45, 2.75) is 45.6 Å². The maximum absolute atomic E-state index is 9.15. The number of halogens is 1. The van der Waals surface area contributed by atoms with Crippen molar-refractivity contribution >= 4 is 15.9 Å². The first-order valence-corrected chi connectivity index (χ1v) is 7.16. The van der Waals surface area contributed by atoms with Gasteiger partial charge in [0.1, 0.15) is 17.4 Å². The molecule has 0 bridgehead atoms. The molecule has 0 saturated heterocycles. The van der Waals surface area contributed by atoms with E-state index >= 15 is 0 Å². The van der Waals surface area contributed by atoms with Crippen molar-refractivity contribution in [3.63, 3.8) is 0 Å². The Labute approximate surface area is 117 Å². The van der Waals surface area contributed by atoms with Crippen LogP contribution in [0.1, 0.15) is 45.1 Å². The van der Waals surface area contributed by atoms with E-state index in [-0.39, 0.29) is 6.10 Å². The largest absolute Gasteiger partial charge is 0.489 e. The van der Waals surface area contributed by atoms with Crippen molar-refractivity contribution in [1.29, 1.82) is 5.26 Å². The van der Waals surface area contributed by atoms with Crippen LogP contribution in [0.15, 0.2) is 22.7 Å². The lowest BCUT2D eigenvalue weighted by Gasteiger charge is -2.34. The van der Waals surface area contributed by atoms with Crippen LogP contribution in [0.25, 0.3) is 0 Å². The second kappa shape index (κ2) is 5.32. The van der Waals surface area contributed by atoms with Gasteiger partial charge in [-0.05, 0) is 59.2 Å². The van der Waals surface area contributed by atoms with Gasteiger partial charge in [-0.15, -0.1) is 0 Å². The molecule has 0 N–H and O–H groups in total. The quantitative estimate of drug-likeness (QED) is 0.795. The van der Waals surface area contributed by atoms with Crippen molar-refractivity contribution < 1.29 is 4.74 Å². The van der Waals surface area contributed by atoms with E-state index in [2.05, 4.69) is 35.8 Å². The molecule has 0 heterocycles. The lowest BCUT2D eigenvalue weighted by Crippen LogP contribution is -2.28. The third-order valence-electron chi connectivity index (χ3n) is 3.67. The maximum Gasteiger partial charge on any atom is 0.138 e. The van der Waals surface area contributed by atoms with E-state index in [0.29, 0.717) is 16.7 Å². The van der Waals surface area contributed by atoms with Crippen LogP contribution in [-0.4, -0.2) is 6.10 Å². The summed E-state index contributed by atoms with van der Waals surface area (Å²) in [5, 5.41) is 9.15. The summed E-state index contributed by atoms with van der Waals surface area (Å²) in [6.07, 6.45) is 4.77. The lowest BCUT2D eigenvalue weighted by atomic mass is 9.76. The average Bonchev–Trinajstić information content (AvgIpc) is 2.32. The van der Waals surface area contributed by atoms with Gasteiger partial charge in [0.2, 0.25) is 0 Å². The number of ether oxygens (including phenoxy) is 1. The summed E-state index contributed by atoms with van der Waals surface area (Å²) < 4.78 is 6.80. The van der Waals surface area contributed by atoms with Gasteiger partial charge in [0.25, 0.3) is 0 Å². The summed E-state index contributed by atoms with van der Waals surface area (Å²) in [5.41, 5.74) is 1.04. The molecule has 1 saturated carbocycles. The smallest absolute Gasteiger partial charge is 0.138 e. The molecule has 1 aliphatic rings. The topological polar surface area (TPSA) is 33.0 Å². The Bertz CT molecular complexity index is 466. The van der Waals surface area contributed by atoms with Crippen LogP contribution in [0.3, 0.4) is 0 Å². The fraction of sp³-hybridized carbons (Fsp3) is 0.533. The second-order valence-corrected chi connectivity index (χ2v) is 6.56. The van der Waals surface area contributed by atoms with Gasteiger partial charge < -0.3 is 4.74 Å². The molecule has 1 aromatic carbocycles. The fourth-order valence-electron chi connectivity index (χ4n) is 2.38. The monoisotopic (exact) mass is 307 g/mol. The predicted octanol–water partition coefficient (Wildman–Crippen LogP) is 4.67. The molecule has 18 heavy (non-hydrogen) atoms. The van der Waals surface area contributed by atoms with Crippen molar-refractivity contribution in [3.05, 3.63) is 28.2 Å². The van der Waals surface area contributed by atoms with Crippen LogP contribution in [0, 0.1) is 16.7 Å². The Balaban J connectivity index is 2.07. The standard InChI is InChI=1S/C15H18BrNO/c1-15(2)8-6-11(7-9-15)18-14-5-3-4-13(16)12(14)10-17/h3-5,11H,6-9H2,1-2H3. The van der Waals surface area contributed by atoms with Crippen LogP contribution < -0.4 is 4.74 Å². The molecule has 2 nitrogen and oxygen atoms in total. The molecule has 1 fully saturated rings. The second-order valence-electron chi connectivity index (χ2n) is 5.71. The first-order valence-electron chi connectivity index (χ1n) is 6.37. The van der Waals surface area contributed by atoms with E-state index in [1.807, 2.05) is 18.2 Å². The third kappa shape index (κ3) is 3.05. The molecule has 3 heteroatoms. The van der Waals surface area contributed by atoms with Crippen molar-refractivity contribution in [2.24, 2.45) is 5.41 Å². The first-order chi connectivity index (χ1) is 8.52. The fourth-order valence-corrected chi connectivity index (χ4v) is 2.82. The van der Waals surface area contributed by atoms with Crippen LogP contribution in [-0.2, 0) is 0 Å². The molecule has 0 amide bonds. The molecule has 0 radical (unpaired) electrons. The van der Waals surface area contributed by atoms with E-state index in [1.54, 1.807) is 0 Å². The highest BCUT2D eigenvalue weighted by Crippen LogP contribution is 2.37. The Morgan fingerprint density at radius 2 is 2.00 bits per heavy atom. The number of hydrogen-bond donors (Lipinski definition) is 0. The van der Waals surface area contributed by atoms with Crippen LogP contribution in [0.2, 0.25) is 0 Å². The van der Waals surface area contributed by atoms with Gasteiger partial charge in [0, 0.05) is 4.47 Å². The molecule has 2 rings (SSSR count). The van der Waals surface area contributed by atoms with Gasteiger partial charge in [0.05, 0.1) is 6.10 Å². The molecule has 0 unspecified atom stereocenters. The Hall–Kier alpha value is -1.01. The number of nitrogens with zero attached hydrogens (tertiary/aromatic N) is 1. The third-order valence-corrected chi connectivity index (χ3v) is 4.33. The molecule has 96 valence electrons. The average molecular weight is 308 g/mol. The summed E-state index contributed by atoms with van der Waals surface area (Å²) in [5.74, 6) is 0.705. The highest BCUT2D eigenvalue weighted by molar-refractivity contribution is 9.10. The van der Waals surface area contributed by atoms with E-state index in [4.69, 9.17) is 10.00 Å². The summed E-state index contributed by atoms with van der Waals surface area (Å²) in [4.78, 5) is 0. The molecule has 0 aliphatic heterocycles. The predicted molar refractivity (Wildman–Crippen MR) is 75.5 cm³/mol. The van der Waals surface area contributed by atoms with Crippen molar-refractivity contribution in [2.75, 3.05) is 0 Å². The molecule has 1 aromatic rings. The van der Waals surface area contributed by atoms with Crippen molar-refractivity contribution in [1.82, 2.24) is 0 Å². The number of rotatable bonds is 2. The minimum absolute atomic E-state index is 0.249. The molecule has 0 atom stereocenters. The van der Waals surface area contributed by atoms with E-state index in [9.17, 15) is 0 Å². The highest BCUT2D eigenvalue weighted by Gasteiger charge is 2.28. The number of benzene rings is 1. The summed E-state index contributed by atoms with van der Waals surface area (Å²) in [6.45, 7) is 4.62. The van der Waals surface area contributed by atoms with Crippen LogP contribution in [0.4, 0.5) is 0 Å². The van der Waals surface area contributed by atoms with Crippen molar-refractivity contribution in [3.8, 4) is 11.8 Å². The maximum atomic E-state index is 9.15. The summed E-state index contributed by atoms with van der Waals surface area (Å²) >= 11 is 3.39. The first kappa shape index (κ1) is 13.4. The van der Waals surface area contributed by atoms with Crippen LogP contribution in [0.5, 0.6) is 5.75 Å². The van der Waals surface area contributed by atoms with E-state index in [1.165, 1.54) is 12.8 Å². The van der Waals surface area contributed by atoms with Gasteiger partial charge in [-0.25, -0.2) is 0 Å². The molecule has 0 spiro atoms. The number of nitriles is 1. The van der Waals surface area contributed by atoms with Gasteiger partial charge in [-0.1, -0.05) is 19.9 Å². The summed E-state index contributed by atoms with van der Waals surface area (Å²) in [7, 11) is 0. The Kier molecular flexibility index (Phi) is 3.97. The zero-order valence-electron chi connectivity index (χ0n) is 10.9. The van der Waals surface area contributed by atoms with Gasteiger partial charge in [-0.3, -0.25) is 0 Å². The van der Waals surface area contributed by atoms with E-state index in [0.717, 1.165) is 17.3 Å². The van der Waals surface area contributed by atoms with Crippen LogP contribution >= 0.6 is 15.9 Å². The minimum atomic E-state index is 0.249.